The fourth-order valence-corrected chi connectivity index (χ4v) is 5.46. The molecule has 0 aliphatic rings. The second kappa shape index (κ2) is 7.84. The van der Waals surface area contributed by atoms with Crippen molar-refractivity contribution < 1.29 is 22.9 Å². The molecule has 0 fully saturated rings. The Morgan fingerprint density at radius 2 is 1.25 bits per heavy atom. The van der Waals surface area contributed by atoms with Crippen LogP contribution in [0, 0.1) is 5.92 Å². The van der Waals surface area contributed by atoms with Crippen LogP contribution in [-0.2, 0) is 22.9 Å². The molecule has 24 heavy (non-hydrogen) atoms. The lowest BCUT2D eigenvalue weighted by atomic mass is 9.88. The molecule has 142 valence electrons. The van der Waals surface area contributed by atoms with Crippen LogP contribution in [0.15, 0.2) is 0 Å². The molecule has 0 heterocycles. The highest BCUT2D eigenvalue weighted by Gasteiger charge is 2.44. The lowest BCUT2D eigenvalue weighted by Crippen LogP contribution is -2.51. The van der Waals surface area contributed by atoms with Gasteiger partial charge in [0.2, 0.25) is 16.6 Å². The molecule has 0 aliphatic carbocycles. The summed E-state index contributed by atoms with van der Waals surface area (Å²) in [6, 6.07) is 0. The SMILES string of the molecule is CC(C(=O)O[Si](C)(C)C)C(C)(CC(=O)O[Si](C)(C)C)O[Si](C)(C)C. The van der Waals surface area contributed by atoms with Crippen molar-refractivity contribution in [3.05, 3.63) is 0 Å². The van der Waals surface area contributed by atoms with Crippen molar-refractivity contribution >= 4 is 36.9 Å². The fraction of sp³-hybridized carbons (Fsp3) is 0.875. The van der Waals surface area contributed by atoms with Crippen LogP contribution in [0.4, 0.5) is 0 Å². The fourth-order valence-electron chi connectivity index (χ4n) is 2.28. The summed E-state index contributed by atoms with van der Waals surface area (Å²) in [5.41, 5.74) is -0.919. The van der Waals surface area contributed by atoms with E-state index >= 15 is 0 Å². The Balaban J connectivity index is 5.41. The largest absolute Gasteiger partial charge is 0.520 e. The molecular weight excluding hydrogens is 356 g/mol. The molecule has 0 radical (unpaired) electrons. The molecule has 0 aromatic rings. The van der Waals surface area contributed by atoms with Crippen molar-refractivity contribution in [2.24, 2.45) is 5.92 Å². The summed E-state index contributed by atoms with van der Waals surface area (Å²) in [6.07, 6.45) is 0.0590. The molecule has 8 heteroatoms. The smallest absolute Gasteiger partial charge is 0.298 e. The summed E-state index contributed by atoms with van der Waals surface area (Å²) in [5.74, 6) is -1.14. The Labute approximate surface area is 150 Å². The van der Waals surface area contributed by atoms with Crippen LogP contribution in [0.5, 0.6) is 0 Å². The zero-order chi connectivity index (χ0) is 19.6. The van der Waals surface area contributed by atoms with Crippen molar-refractivity contribution in [2.45, 2.75) is 84.8 Å². The third-order valence-corrected chi connectivity index (χ3v) is 5.86. The van der Waals surface area contributed by atoms with Crippen LogP contribution in [0.2, 0.25) is 58.9 Å². The summed E-state index contributed by atoms with van der Waals surface area (Å²) in [6.45, 7) is 21.5. The van der Waals surface area contributed by atoms with Gasteiger partial charge in [-0.2, -0.15) is 0 Å². The van der Waals surface area contributed by atoms with Gasteiger partial charge in [0.05, 0.1) is 17.9 Å². The predicted molar refractivity (Wildman–Crippen MR) is 105 cm³/mol. The van der Waals surface area contributed by atoms with E-state index in [9.17, 15) is 9.59 Å². The zero-order valence-electron chi connectivity index (χ0n) is 17.3. The Morgan fingerprint density at radius 1 is 0.833 bits per heavy atom. The minimum absolute atomic E-state index is 0.0590. The lowest BCUT2D eigenvalue weighted by molar-refractivity contribution is -0.151. The summed E-state index contributed by atoms with van der Waals surface area (Å²) in [7, 11) is -5.96. The molecule has 0 spiro atoms. The molecular formula is C16H36O5Si3. The van der Waals surface area contributed by atoms with E-state index in [0.29, 0.717) is 0 Å². The van der Waals surface area contributed by atoms with Crippen LogP contribution >= 0.6 is 0 Å². The van der Waals surface area contributed by atoms with Crippen LogP contribution in [0.1, 0.15) is 20.3 Å². The van der Waals surface area contributed by atoms with Gasteiger partial charge in [0.25, 0.3) is 11.9 Å². The van der Waals surface area contributed by atoms with Gasteiger partial charge >= 0.3 is 0 Å². The first-order valence-corrected chi connectivity index (χ1v) is 18.7. The molecule has 2 atom stereocenters. The molecule has 0 aromatic carbocycles. The van der Waals surface area contributed by atoms with Crippen molar-refractivity contribution in [1.82, 2.24) is 0 Å². The minimum atomic E-state index is -2.00. The molecule has 0 aromatic heterocycles. The summed E-state index contributed by atoms with van der Waals surface area (Å²) in [4.78, 5) is 24.9. The predicted octanol–water partition coefficient (Wildman–Crippen LogP) is 4.38. The molecule has 0 bridgehead atoms. The number of rotatable bonds is 8. The second-order valence-corrected chi connectivity index (χ2v) is 22.8. The van der Waals surface area contributed by atoms with E-state index in [2.05, 4.69) is 0 Å². The van der Waals surface area contributed by atoms with Crippen molar-refractivity contribution in [1.29, 1.82) is 0 Å². The highest BCUT2D eigenvalue weighted by molar-refractivity contribution is 6.71. The topological polar surface area (TPSA) is 61.8 Å². The molecule has 2 unspecified atom stereocenters. The van der Waals surface area contributed by atoms with E-state index in [4.69, 9.17) is 13.3 Å². The van der Waals surface area contributed by atoms with E-state index in [1.165, 1.54) is 0 Å². The third-order valence-electron chi connectivity index (χ3n) is 3.13. The molecule has 0 saturated heterocycles. The standard InChI is InChI=1S/C16H36O5Si3/c1-13(15(18)20-23(6,7)8)16(2,21-24(9,10)11)12-14(17)19-22(3,4)5/h13H,12H2,1-11H3. The van der Waals surface area contributed by atoms with Gasteiger partial charge in [-0.25, -0.2) is 0 Å². The minimum Gasteiger partial charge on any atom is -0.520 e. The number of carbonyl (C=O) groups is 2. The molecule has 0 saturated carbocycles. The van der Waals surface area contributed by atoms with Crippen molar-refractivity contribution in [3.63, 3.8) is 0 Å². The maximum Gasteiger partial charge on any atom is 0.298 e. The molecule has 5 nitrogen and oxygen atoms in total. The molecule has 0 amide bonds. The van der Waals surface area contributed by atoms with Crippen molar-refractivity contribution in [2.75, 3.05) is 0 Å². The normalized spacial score (nSPS) is 17.0. The third kappa shape index (κ3) is 9.75. The Morgan fingerprint density at radius 3 is 1.58 bits per heavy atom. The van der Waals surface area contributed by atoms with Gasteiger partial charge < -0.3 is 13.3 Å². The van der Waals surface area contributed by atoms with E-state index in [1.807, 2.05) is 65.8 Å². The summed E-state index contributed by atoms with van der Waals surface area (Å²) < 4.78 is 17.5. The van der Waals surface area contributed by atoms with Gasteiger partial charge in [0.15, 0.2) is 8.32 Å². The maximum absolute atomic E-state index is 12.6. The van der Waals surface area contributed by atoms with Crippen LogP contribution in [-0.4, -0.2) is 42.5 Å². The van der Waals surface area contributed by atoms with Gasteiger partial charge in [0, 0.05) is 0 Å². The van der Waals surface area contributed by atoms with Gasteiger partial charge in [-0.3, -0.25) is 9.59 Å². The quantitative estimate of drug-likeness (QED) is 0.574. The average Bonchev–Trinajstić information content (AvgIpc) is 2.19. The lowest BCUT2D eigenvalue weighted by Gasteiger charge is -2.40. The second-order valence-electron chi connectivity index (χ2n) is 9.55. The van der Waals surface area contributed by atoms with Gasteiger partial charge in [-0.05, 0) is 72.8 Å². The maximum atomic E-state index is 12.6. The van der Waals surface area contributed by atoms with Gasteiger partial charge in [0.1, 0.15) is 0 Å². The first-order valence-electron chi connectivity index (χ1n) is 8.49. The van der Waals surface area contributed by atoms with Crippen LogP contribution in [0.3, 0.4) is 0 Å². The van der Waals surface area contributed by atoms with E-state index in [1.54, 1.807) is 6.92 Å². The van der Waals surface area contributed by atoms with E-state index in [0.717, 1.165) is 0 Å². The highest BCUT2D eigenvalue weighted by Crippen LogP contribution is 2.32. The van der Waals surface area contributed by atoms with Crippen LogP contribution in [0.25, 0.3) is 0 Å². The monoisotopic (exact) mass is 392 g/mol. The highest BCUT2D eigenvalue weighted by atomic mass is 28.4. The molecule has 0 rings (SSSR count). The van der Waals surface area contributed by atoms with E-state index < -0.39 is 36.5 Å². The number of hydrogen-bond donors (Lipinski definition) is 0. The summed E-state index contributed by atoms with van der Waals surface area (Å²) >= 11 is 0. The van der Waals surface area contributed by atoms with Gasteiger partial charge in [-0.15, -0.1) is 0 Å². The molecule has 0 aliphatic heterocycles. The number of carbonyl (C=O) groups excluding carboxylic acids is 2. The first kappa shape index (κ1) is 23.6. The van der Waals surface area contributed by atoms with Gasteiger partial charge in [-0.1, -0.05) is 0 Å². The van der Waals surface area contributed by atoms with Crippen LogP contribution < -0.4 is 0 Å². The van der Waals surface area contributed by atoms with Crippen molar-refractivity contribution in [3.8, 4) is 0 Å². The number of hydrogen-bond acceptors (Lipinski definition) is 5. The molecule has 0 N–H and O–H groups in total. The first-order chi connectivity index (χ1) is 10.3. The zero-order valence-corrected chi connectivity index (χ0v) is 20.3. The average molecular weight is 393 g/mol. The Hall–Kier alpha value is -0.449. The Bertz CT molecular complexity index is 460. The summed E-state index contributed by atoms with van der Waals surface area (Å²) in [5, 5.41) is 0. The van der Waals surface area contributed by atoms with E-state index in [-0.39, 0.29) is 18.4 Å². The Kier molecular flexibility index (Phi) is 7.69.